The molecule has 1 atom stereocenters. The summed E-state index contributed by atoms with van der Waals surface area (Å²) in [5.74, 6) is 0. The molecule has 0 heterocycles. The Hall–Kier alpha value is -1.61. The van der Waals surface area contributed by atoms with E-state index in [-0.39, 0.29) is 5.41 Å². The van der Waals surface area contributed by atoms with Crippen LogP contribution in [0.1, 0.15) is 38.7 Å². The Kier molecular flexibility index (Phi) is 7.17. The quantitative estimate of drug-likeness (QED) is 0.685. The summed E-state index contributed by atoms with van der Waals surface area (Å²) in [5.41, 5.74) is 9.00. The first-order valence-corrected chi connectivity index (χ1v) is 7.71. The highest BCUT2D eigenvalue weighted by Crippen LogP contribution is 2.38. The summed E-state index contributed by atoms with van der Waals surface area (Å²) in [6, 6.07) is 10.6. The van der Waals surface area contributed by atoms with Crippen molar-refractivity contribution in [2.45, 2.75) is 38.5 Å². The first-order valence-electron chi connectivity index (χ1n) is 7.71. The molecule has 3 N–H and O–H groups in total. The van der Waals surface area contributed by atoms with Crippen LogP contribution in [-0.2, 0) is 5.41 Å². The molecule has 116 valence electrons. The van der Waals surface area contributed by atoms with Crippen LogP contribution in [0.25, 0.3) is 0 Å². The van der Waals surface area contributed by atoms with Crippen LogP contribution < -0.4 is 11.1 Å². The minimum absolute atomic E-state index is 0.116. The zero-order chi connectivity index (χ0) is 15.7. The van der Waals surface area contributed by atoms with Crippen LogP contribution in [0.3, 0.4) is 0 Å². The SMILES string of the molecule is C=C(NCCN)C(CCC)(CC(C)=NC)c1ccccc1. The average molecular weight is 287 g/mol. The summed E-state index contributed by atoms with van der Waals surface area (Å²) in [5, 5.41) is 3.41. The molecule has 3 nitrogen and oxygen atoms in total. The highest BCUT2D eigenvalue weighted by molar-refractivity contribution is 5.83. The lowest BCUT2D eigenvalue weighted by Gasteiger charge is -2.37. The summed E-state index contributed by atoms with van der Waals surface area (Å²) in [7, 11) is 1.85. The van der Waals surface area contributed by atoms with Gasteiger partial charge in [-0.05, 0) is 18.9 Å². The summed E-state index contributed by atoms with van der Waals surface area (Å²) in [6.07, 6.45) is 3.02. The van der Waals surface area contributed by atoms with Crippen molar-refractivity contribution in [1.82, 2.24) is 5.32 Å². The van der Waals surface area contributed by atoms with Crippen molar-refractivity contribution >= 4 is 5.71 Å². The summed E-state index contributed by atoms with van der Waals surface area (Å²) in [6.45, 7) is 9.98. The monoisotopic (exact) mass is 287 g/mol. The van der Waals surface area contributed by atoms with Crippen LogP contribution >= 0.6 is 0 Å². The molecule has 0 aromatic heterocycles. The summed E-state index contributed by atoms with van der Waals surface area (Å²) < 4.78 is 0. The van der Waals surface area contributed by atoms with Gasteiger partial charge in [0.25, 0.3) is 0 Å². The maximum atomic E-state index is 5.63. The molecule has 3 heteroatoms. The van der Waals surface area contributed by atoms with Gasteiger partial charge in [0.05, 0.1) is 0 Å². The van der Waals surface area contributed by atoms with Crippen molar-refractivity contribution in [3.05, 3.63) is 48.2 Å². The lowest BCUT2D eigenvalue weighted by Crippen LogP contribution is -2.38. The fourth-order valence-electron chi connectivity index (χ4n) is 2.86. The van der Waals surface area contributed by atoms with Crippen LogP contribution in [0.5, 0.6) is 0 Å². The summed E-state index contributed by atoms with van der Waals surface area (Å²) >= 11 is 0. The third-order valence-corrected chi connectivity index (χ3v) is 4.00. The molecule has 21 heavy (non-hydrogen) atoms. The molecule has 0 amide bonds. The molecule has 1 unspecified atom stereocenters. The predicted octanol–water partition coefficient (Wildman–Crippen LogP) is 3.27. The molecule has 1 aromatic rings. The van der Waals surface area contributed by atoms with E-state index in [1.165, 1.54) is 5.56 Å². The standard InChI is InChI=1S/C18H29N3/c1-5-11-18(14-15(2)20-4,16(3)21-13-12-19)17-9-7-6-8-10-17/h6-10,21H,3,5,11-14,19H2,1-2,4H3. The largest absolute Gasteiger partial charge is 0.387 e. The van der Waals surface area contributed by atoms with Crippen molar-refractivity contribution in [3.63, 3.8) is 0 Å². The van der Waals surface area contributed by atoms with Crippen molar-refractivity contribution in [1.29, 1.82) is 0 Å². The van der Waals surface area contributed by atoms with Gasteiger partial charge >= 0.3 is 0 Å². The van der Waals surface area contributed by atoms with E-state index in [0.29, 0.717) is 6.54 Å². The lowest BCUT2D eigenvalue weighted by atomic mass is 9.70. The number of nitrogens with two attached hydrogens (primary N) is 1. The van der Waals surface area contributed by atoms with Crippen LogP contribution in [0.15, 0.2) is 47.6 Å². The number of benzene rings is 1. The molecule has 0 bridgehead atoms. The fraction of sp³-hybridized carbons (Fsp3) is 0.500. The van der Waals surface area contributed by atoms with Gasteiger partial charge in [-0.1, -0.05) is 50.3 Å². The lowest BCUT2D eigenvalue weighted by molar-refractivity contribution is 0.442. The second kappa shape index (κ2) is 8.63. The minimum Gasteiger partial charge on any atom is -0.387 e. The van der Waals surface area contributed by atoms with Gasteiger partial charge in [0, 0.05) is 43.4 Å². The minimum atomic E-state index is -0.116. The number of hydrogen-bond acceptors (Lipinski definition) is 3. The molecule has 0 radical (unpaired) electrons. The molecule has 0 saturated heterocycles. The number of nitrogens with zero attached hydrogens (tertiary/aromatic N) is 1. The molecule has 0 spiro atoms. The van der Waals surface area contributed by atoms with Crippen molar-refractivity contribution in [3.8, 4) is 0 Å². The van der Waals surface area contributed by atoms with E-state index >= 15 is 0 Å². The van der Waals surface area contributed by atoms with Crippen LogP contribution in [0, 0.1) is 0 Å². The van der Waals surface area contributed by atoms with Gasteiger partial charge in [0.15, 0.2) is 0 Å². The fourth-order valence-corrected chi connectivity index (χ4v) is 2.86. The molecule has 0 aliphatic heterocycles. The van der Waals surface area contributed by atoms with E-state index in [2.05, 4.69) is 61.1 Å². The summed E-state index contributed by atoms with van der Waals surface area (Å²) in [4.78, 5) is 4.37. The molecule has 1 aromatic carbocycles. The zero-order valence-electron chi connectivity index (χ0n) is 13.7. The number of nitrogens with one attached hydrogen (secondary N) is 1. The zero-order valence-corrected chi connectivity index (χ0v) is 13.7. The van der Waals surface area contributed by atoms with Crippen LogP contribution in [0.2, 0.25) is 0 Å². The molecule has 0 saturated carbocycles. The second-order valence-corrected chi connectivity index (χ2v) is 5.53. The molecule has 0 aliphatic carbocycles. The van der Waals surface area contributed by atoms with Crippen LogP contribution in [-0.4, -0.2) is 25.8 Å². The van der Waals surface area contributed by atoms with Gasteiger partial charge in [-0.15, -0.1) is 0 Å². The Morgan fingerprint density at radius 1 is 1.33 bits per heavy atom. The Labute approximate surface area is 129 Å². The number of allylic oxidation sites excluding steroid dienone is 1. The van der Waals surface area contributed by atoms with Gasteiger partial charge in [-0.25, -0.2) is 0 Å². The smallest absolute Gasteiger partial charge is 0.0395 e. The Bertz CT molecular complexity index is 465. The molecule has 0 fully saturated rings. The maximum absolute atomic E-state index is 5.63. The highest BCUT2D eigenvalue weighted by Gasteiger charge is 2.35. The van der Waals surface area contributed by atoms with Gasteiger partial charge in [0.1, 0.15) is 0 Å². The van der Waals surface area contributed by atoms with Crippen molar-refractivity contribution in [2.24, 2.45) is 10.7 Å². The first kappa shape index (κ1) is 17.4. The van der Waals surface area contributed by atoms with E-state index < -0.39 is 0 Å². The Morgan fingerprint density at radius 3 is 2.52 bits per heavy atom. The number of hydrogen-bond donors (Lipinski definition) is 2. The Morgan fingerprint density at radius 2 is 2.00 bits per heavy atom. The number of rotatable bonds is 9. The first-order chi connectivity index (χ1) is 10.1. The van der Waals surface area contributed by atoms with Gasteiger partial charge in [-0.3, -0.25) is 4.99 Å². The molecule has 1 rings (SSSR count). The third kappa shape index (κ3) is 4.43. The topological polar surface area (TPSA) is 50.4 Å². The van der Waals surface area contributed by atoms with Gasteiger partial charge < -0.3 is 11.1 Å². The maximum Gasteiger partial charge on any atom is 0.0395 e. The normalized spacial score (nSPS) is 14.6. The third-order valence-electron chi connectivity index (χ3n) is 4.00. The van der Waals surface area contributed by atoms with E-state index in [1.54, 1.807) is 0 Å². The highest BCUT2D eigenvalue weighted by atomic mass is 14.9. The van der Waals surface area contributed by atoms with Crippen LogP contribution in [0.4, 0.5) is 0 Å². The van der Waals surface area contributed by atoms with E-state index in [9.17, 15) is 0 Å². The van der Waals surface area contributed by atoms with Gasteiger partial charge in [-0.2, -0.15) is 0 Å². The average Bonchev–Trinajstić information content (AvgIpc) is 2.52. The molecular weight excluding hydrogens is 258 g/mol. The van der Waals surface area contributed by atoms with Gasteiger partial charge in [0.2, 0.25) is 0 Å². The molecule has 0 aliphatic rings. The second-order valence-electron chi connectivity index (χ2n) is 5.53. The van der Waals surface area contributed by atoms with E-state index in [1.807, 2.05) is 7.05 Å². The van der Waals surface area contributed by atoms with E-state index in [4.69, 9.17) is 5.73 Å². The predicted molar refractivity (Wildman–Crippen MR) is 92.9 cm³/mol. The van der Waals surface area contributed by atoms with E-state index in [0.717, 1.165) is 37.2 Å². The van der Waals surface area contributed by atoms with Crippen molar-refractivity contribution < 1.29 is 0 Å². The Balaban J connectivity index is 3.24. The molecular formula is C18H29N3. The van der Waals surface area contributed by atoms with Crippen molar-refractivity contribution in [2.75, 3.05) is 20.1 Å². The number of aliphatic imine (C=N–C) groups is 1.